The van der Waals surface area contributed by atoms with E-state index in [0.29, 0.717) is 0 Å². The molecule has 0 fully saturated rings. The van der Waals surface area contributed by atoms with Crippen LogP contribution >= 0.6 is 50.5 Å². The first kappa shape index (κ1) is 13.4. The fourth-order valence-electron chi connectivity index (χ4n) is 1.65. The number of thiophene rings is 1. The summed E-state index contributed by atoms with van der Waals surface area (Å²) in [6.07, 6.45) is 0.831. The summed E-state index contributed by atoms with van der Waals surface area (Å²) >= 11 is 17.4. The standard InChI is InChI=1S/C13H11BrCl2S/c1-8-4-2-3-5-9(8)6-11(15)12-7-10(14)13(16)17-12/h2-5,7,11H,6H2,1H3. The van der Waals surface area contributed by atoms with Gasteiger partial charge in [-0.3, -0.25) is 0 Å². The second-order valence-electron chi connectivity index (χ2n) is 3.87. The summed E-state index contributed by atoms with van der Waals surface area (Å²) in [6.45, 7) is 2.11. The highest BCUT2D eigenvalue weighted by Gasteiger charge is 2.14. The third-order valence-corrected chi connectivity index (χ3v) is 5.74. The molecule has 0 aliphatic carbocycles. The molecule has 17 heavy (non-hydrogen) atoms. The van der Waals surface area contributed by atoms with Crippen molar-refractivity contribution in [1.82, 2.24) is 0 Å². The van der Waals surface area contributed by atoms with Crippen molar-refractivity contribution < 1.29 is 0 Å². The van der Waals surface area contributed by atoms with Gasteiger partial charge in [0.1, 0.15) is 4.34 Å². The number of halogens is 3. The van der Waals surface area contributed by atoms with Crippen LogP contribution in [0.2, 0.25) is 4.34 Å². The van der Waals surface area contributed by atoms with E-state index in [9.17, 15) is 0 Å². The molecule has 0 saturated heterocycles. The minimum absolute atomic E-state index is 0.0232. The van der Waals surface area contributed by atoms with Crippen molar-refractivity contribution in [1.29, 1.82) is 0 Å². The second kappa shape index (κ2) is 5.75. The lowest BCUT2D eigenvalue weighted by Crippen LogP contribution is -1.95. The van der Waals surface area contributed by atoms with Crippen LogP contribution in [0.25, 0.3) is 0 Å². The zero-order valence-corrected chi connectivity index (χ0v) is 13.1. The number of benzene rings is 1. The van der Waals surface area contributed by atoms with Gasteiger partial charge >= 0.3 is 0 Å². The first-order chi connectivity index (χ1) is 8.08. The molecule has 0 aliphatic heterocycles. The Kier molecular flexibility index (Phi) is 4.53. The lowest BCUT2D eigenvalue weighted by atomic mass is 10.0. The molecule has 1 aromatic carbocycles. The van der Waals surface area contributed by atoms with Gasteiger partial charge in [0.05, 0.1) is 5.38 Å². The summed E-state index contributed by atoms with van der Waals surface area (Å²) in [7, 11) is 0. The van der Waals surface area contributed by atoms with Crippen LogP contribution in [0.15, 0.2) is 34.8 Å². The maximum absolute atomic E-state index is 6.43. The van der Waals surface area contributed by atoms with E-state index in [1.165, 1.54) is 22.5 Å². The summed E-state index contributed by atoms with van der Waals surface area (Å²) in [5.74, 6) is 0. The Balaban J connectivity index is 2.17. The third-order valence-electron chi connectivity index (χ3n) is 2.63. The predicted molar refractivity (Wildman–Crippen MR) is 80.5 cm³/mol. The van der Waals surface area contributed by atoms with Crippen LogP contribution in [0.3, 0.4) is 0 Å². The Morgan fingerprint density at radius 2 is 2.06 bits per heavy atom. The highest BCUT2D eigenvalue weighted by Crippen LogP contribution is 2.38. The molecule has 2 aromatic rings. The minimum Gasteiger partial charge on any atom is -0.126 e. The number of aryl methyl sites for hydroxylation is 1. The monoisotopic (exact) mass is 348 g/mol. The molecule has 0 N–H and O–H groups in total. The molecule has 0 spiro atoms. The Morgan fingerprint density at radius 3 is 2.65 bits per heavy atom. The van der Waals surface area contributed by atoms with Gasteiger partial charge in [-0.25, -0.2) is 0 Å². The van der Waals surface area contributed by atoms with Crippen molar-refractivity contribution in [3.63, 3.8) is 0 Å². The van der Waals surface area contributed by atoms with Crippen LogP contribution in [0.5, 0.6) is 0 Å². The molecule has 4 heteroatoms. The average molecular weight is 350 g/mol. The molecule has 0 aliphatic rings. The first-order valence-electron chi connectivity index (χ1n) is 5.21. The van der Waals surface area contributed by atoms with Crippen molar-refractivity contribution in [2.24, 2.45) is 0 Å². The molecule has 0 bridgehead atoms. The molecule has 1 aromatic heterocycles. The molecule has 0 radical (unpaired) electrons. The smallest absolute Gasteiger partial charge is 0.107 e. The lowest BCUT2D eigenvalue weighted by Gasteiger charge is -2.09. The van der Waals surface area contributed by atoms with E-state index >= 15 is 0 Å². The summed E-state index contributed by atoms with van der Waals surface area (Å²) < 4.78 is 1.69. The van der Waals surface area contributed by atoms with Crippen molar-refractivity contribution in [2.75, 3.05) is 0 Å². The molecule has 1 heterocycles. The molecule has 0 nitrogen and oxygen atoms in total. The summed E-state index contributed by atoms with van der Waals surface area (Å²) in [5.41, 5.74) is 2.56. The van der Waals surface area contributed by atoms with Crippen LogP contribution in [-0.2, 0) is 6.42 Å². The Morgan fingerprint density at radius 1 is 1.35 bits per heavy atom. The average Bonchev–Trinajstić information content (AvgIpc) is 2.63. The van der Waals surface area contributed by atoms with E-state index in [1.807, 2.05) is 18.2 Å². The van der Waals surface area contributed by atoms with E-state index in [4.69, 9.17) is 23.2 Å². The second-order valence-corrected chi connectivity index (χ2v) is 6.94. The third kappa shape index (κ3) is 3.25. The fraction of sp³-hybridized carbons (Fsp3) is 0.231. The highest BCUT2D eigenvalue weighted by molar-refractivity contribution is 9.10. The highest BCUT2D eigenvalue weighted by atomic mass is 79.9. The number of hydrogen-bond acceptors (Lipinski definition) is 1. The quantitative estimate of drug-likeness (QED) is 0.596. The van der Waals surface area contributed by atoms with Crippen molar-refractivity contribution >= 4 is 50.5 Å². The maximum Gasteiger partial charge on any atom is 0.107 e. The minimum atomic E-state index is -0.0232. The van der Waals surface area contributed by atoms with Crippen molar-refractivity contribution in [2.45, 2.75) is 18.7 Å². The largest absolute Gasteiger partial charge is 0.126 e. The maximum atomic E-state index is 6.43. The molecular formula is C13H11BrCl2S. The van der Waals surface area contributed by atoms with Gasteiger partial charge in [0.25, 0.3) is 0 Å². The van der Waals surface area contributed by atoms with E-state index in [0.717, 1.165) is 20.1 Å². The Bertz CT molecular complexity index is 502. The van der Waals surface area contributed by atoms with Gasteiger partial charge in [-0.1, -0.05) is 35.9 Å². The number of rotatable bonds is 3. The molecule has 2 rings (SSSR count). The Labute approximate surface area is 124 Å². The Hall–Kier alpha value is -0.0200. The zero-order chi connectivity index (χ0) is 12.4. The van der Waals surface area contributed by atoms with Crippen LogP contribution in [0, 0.1) is 6.92 Å². The van der Waals surface area contributed by atoms with Gasteiger partial charge < -0.3 is 0 Å². The summed E-state index contributed by atoms with van der Waals surface area (Å²) in [6, 6.07) is 10.3. The van der Waals surface area contributed by atoms with E-state index in [1.54, 1.807) is 0 Å². The normalized spacial score (nSPS) is 12.7. The zero-order valence-electron chi connectivity index (χ0n) is 9.21. The predicted octanol–water partition coefficient (Wildman–Crippen LogP) is 6.00. The van der Waals surface area contributed by atoms with Crippen LogP contribution in [0.1, 0.15) is 21.4 Å². The van der Waals surface area contributed by atoms with Crippen LogP contribution < -0.4 is 0 Å². The van der Waals surface area contributed by atoms with Gasteiger partial charge in [0.2, 0.25) is 0 Å². The lowest BCUT2D eigenvalue weighted by molar-refractivity contribution is 0.929. The molecule has 0 saturated carbocycles. The number of hydrogen-bond donors (Lipinski definition) is 0. The van der Waals surface area contributed by atoms with Gasteiger partial charge in [-0.05, 0) is 46.5 Å². The van der Waals surface area contributed by atoms with Crippen molar-refractivity contribution in [3.05, 3.63) is 55.1 Å². The topological polar surface area (TPSA) is 0 Å². The summed E-state index contributed by atoms with van der Waals surface area (Å²) in [4.78, 5) is 1.10. The molecule has 1 unspecified atom stereocenters. The van der Waals surface area contributed by atoms with Crippen LogP contribution in [0.4, 0.5) is 0 Å². The van der Waals surface area contributed by atoms with Gasteiger partial charge in [-0.2, -0.15) is 0 Å². The van der Waals surface area contributed by atoms with Crippen LogP contribution in [-0.4, -0.2) is 0 Å². The van der Waals surface area contributed by atoms with E-state index < -0.39 is 0 Å². The van der Waals surface area contributed by atoms with Gasteiger partial charge in [-0.15, -0.1) is 22.9 Å². The SMILES string of the molecule is Cc1ccccc1CC(Cl)c1cc(Br)c(Cl)s1. The van der Waals surface area contributed by atoms with E-state index in [-0.39, 0.29) is 5.38 Å². The van der Waals surface area contributed by atoms with Gasteiger partial charge in [0.15, 0.2) is 0 Å². The fourth-order valence-corrected chi connectivity index (χ4v) is 3.73. The first-order valence-corrected chi connectivity index (χ1v) is 7.63. The number of alkyl halides is 1. The molecule has 0 amide bonds. The summed E-state index contributed by atoms with van der Waals surface area (Å²) in [5, 5.41) is -0.0232. The van der Waals surface area contributed by atoms with E-state index in [2.05, 4.69) is 35.0 Å². The molecule has 90 valence electrons. The molecule has 1 atom stereocenters. The van der Waals surface area contributed by atoms with Gasteiger partial charge in [0, 0.05) is 9.35 Å². The molecular weight excluding hydrogens is 339 g/mol. The van der Waals surface area contributed by atoms with Crippen molar-refractivity contribution in [3.8, 4) is 0 Å².